The molecule has 3 aliphatic rings. The number of ketones is 1. The van der Waals surface area contributed by atoms with Crippen LogP contribution >= 0.6 is 0 Å². The van der Waals surface area contributed by atoms with Crippen molar-refractivity contribution in [2.45, 2.75) is 57.4 Å². The van der Waals surface area contributed by atoms with Gasteiger partial charge in [0.15, 0.2) is 5.78 Å². The molecule has 0 aromatic rings. The molecular formula is C14H19NO2. The molecule has 1 amide bonds. The first-order chi connectivity index (χ1) is 8.25. The highest BCUT2D eigenvalue weighted by molar-refractivity contribution is 5.94. The number of hydrogen-bond acceptors (Lipinski definition) is 2. The van der Waals surface area contributed by atoms with E-state index in [1.807, 2.05) is 4.90 Å². The third-order valence-corrected chi connectivity index (χ3v) is 4.37. The molecule has 17 heavy (non-hydrogen) atoms. The van der Waals surface area contributed by atoms with Gasteiger partial charge in [-0.2, -0.15) is 0 Å². The quantitative estimate of drug-likeness (QED) is 0.697. The summed E-state index contributed by atoms with van der Waals surface area (Å²) in [4.78, 5) is 25.6. The molecule has 0 bridgehead atoms. The lowest BCUT2D eigenvalue weighted by atomic mass is 9.90. The van der Waals surface area contributed by atoms with Crippen molar-refractivity contribution in [3.63, 3.8) is 0 Å². The van der Waals surface area contributed by atoms with E-state index in [1.165, 1.54) is 19.3 Å². The Labute approximate surface area is 102 Å². The van der Waals surface area contributed by atoms with E-state index in [-0.39, 0.29) is 11.7 Å². The van der Waals surface area contributed by atoms with Gasteiger partial charge in [0.2, 0.25) is 5.91 Å². The molecule has 0 aromatic carbocycles. The average molecular weight is 233 g/mol. The fourth-order valence-electron chi connectivity index (χ4n) is 3.50. The number of fused-ring (bicyclic) bond motifs is 1. The van der Waals surface area contributed by atoms with Crippen LogP contribution in [0.5, 0.6) is 0 Å². The van der Waals surface area contributed by atoms with E-state index in [0.29, 0.717) is 24.8 Å². The van der Waals surface area contributed by atoms with Crippen LogP contribution in [0, 0.1) is 5.92 Å². The number of carbonyl (C=O) groups is 2. The smallest absolute Gasteiger partial charge is 0.227 e. The normalized spacial score (nSPS) is 30.5. The van der Waals surface area contributed by atoms with Gasteiger partial charge in [-0.1, -0.05) is 19.3 Å². The van der Waals surface area contributed by atoms with Crippen LogP contribution in [0.15, 0.2) is 11.8 Å². The highest BCUT2D eigenvalue weighted by Gasteiger charge is 2.40. The SMILES string of the molecule is O=C1C=C2C(CC1)CC(=O)N2C1CCCCC1. The molecule has 3 nitrogen and oxygen atoms in total. The maximum absolute atomic E-state index is 12.1. The fraction of sp³-hybridized carbons (Fsp3) is 0.714. The molecule has 0 aromatic heterocycles. The van der Waals surface area contributed by atoms with Crippen LogP contribution in [0.1, 0.15) is 51.4 Å². The van der Waals surface area contributed by atoms with Gasteiger partial charge in [0, 0.05) is 36.6 Å². The van der Waals surface area contributed by atoms with Crippen LogP contribution in [-0.4, -0.2) is 22.6 Å². The Kier molecular flexibility index (Phi) is 2.77. The third kappa shape index (κ3) is 1.92. The number of nitrogens with zero attached hydrogens (tertiary/aromatic N) is 1. The first-order valence-electron chi connectivity index (χ1n) is 6.82. The van der Waals surface area contributed by atoms with E-state index in [4.69, 9.17) is 0 Å². The Morgan fingerprint density at radius 2 is 1.82 bits per heavy atom. The van der Waals surface area contributed by atoms with Crippen LogP contribution in [-0.2, 0) is 9.59 Å². The zero-order valence-corrected chi connectivity index (χ0v) is 10.2. The Balaban J connectivity index is 1.86. The van der Waals surface area contributed by atoms with Crippen molar-refractivity contribution in [1.82, 2.24) is 4.90 Å². The summed E-state index contributed by atoms with van der Waals surface area (Å²) in [7, 11) is 0. The standard InChI is InChI=1S/C14H19NO2/c16-12-7-6-10-8-14(17)15(13(10)9-12)11-4-2-1-3-5-11/h9-11H,1-8H2. The number of likely N-dealkylation sites (tertiary alicyclic amines) is 1. The highest BCUT2D eigenvalue weighted by atomic mass is 16.2. The van der Waals surface area contributed by atoms with Crippen molar-refractivity contribution in [3.8, 4) is 0 Å². The van der Waals surface area contributed by atoms with Gasteiger partial charge in [0.1, 0.15) is 0 Å². The summed E-state index contributed by atoms with van der Waals surface area (Å²) < 4.78 is 0. The number of carbonyl (C=O) groups excluding carboxylic acids is 2. The maximum atomic E-state index is 12.1. The average Bonchev–Trinajstić information content (AvgIpc) is 2.65. The van der Waals surface area contributed by atoms with Gasteiger partial charge in [-0.3, -0.25) is 9.59 Å². The Bertz CT molecular complexity index is 380. The highest BCUT2D eigenvalue weighted by Crippen LogP contribution is 2.39. The van der Waals surface area contributed by atoms with E-state index in [9.17, 15) is 9.59 Å². The summed E-state index contributed by atoms with van der Waals surface area (Å²) in [5.41, 5.74) is 1.04. The van der Waals surface area contributed by atoms with Crippen LogP contribution in [0.4, 0.5) is 0 Å². The predicted octanol–water partition coefficient (Wildman–Crippen LogP) is 2.41. The molecule has 1 atom stereocenters. The molecule has 0 radical (unpaired) electrons. The molecule has 92 valence electrons. The molecule has 2 fully saturated rings. The van der Waals surface area contributed by atoms with Crippen molar-refractivity contribution in [1.29, 1.82) is 0 Å². The van der Waals surface area contributed by atoms with E-state index in [2.05, 4.69) is 0 Å². The molecule has 0 N–H and O–H groups in total. The van der Waals surface area contributed by atoms with E-state index >= 15 is 0 Å². The minimum atomic E-state index is 0.201. The maximum Gasteiger partial charge on any atom is 0.227 e. The molecule has 3 rings (SSSR count). The lowest BCUT2D eigenvalue weighted by molar-refractivity contribution is -0.129. The fourth-order valence-corrected chi connectivity index (χ4v) is 3.50. The van der Waals surface area contributed by atoms with Gasteiger partial charge in [0.05, 0.1) is 0 Å². The van der Waals surface area contributed by atoms with Crippen LogP contribution in [0.3, 0.4) is 0 Å². The molecule has 1 aliphatic heterocycles. The molecule has 1 unspecified atom stereocenters. The molecule has 1 heterocycles. The number of amides is 1. The van der Waals surface area contributed by atoms with Gasteiger partial charge in [0.25, 0.3) is 0 Å². The van der Waals surface area contributed by atoms with Gasteiger partial charge in [-0.15, -0.1) is 0 Å². The molecule has 1 saturated heterocycles. The lowest BCUT2D eigenvalue weighted by Gasteiger charge is -2.33. The van der Waals surface area contributed by atoms with Crippen molar-refractivity contribution in [3.05, 3.63) is 11.8 Å². The second-order valence-corrected chi connectivity index (χ2v) is 5.53. The Morgan fingerprint density at radius 1 is 1.06 bits per heavy atom. The summed E-state index contributed by atoms with van der Waals surface area (Å²) in [6.45, 7) is 0. The van der Waals surface area contributed by atoms with Crippen molar-refractivity contribution in [2.75, 3.05) is 0 Å². The molecule has 2 aliphatic carbocycles. The summed E-state index contributed by atoms with van der Waals surface area (Å²) >= 11 is 0. The number of hydrogen-bond donors (Lipinski definition) is 0. The number of rotatable bonds is 1. The van der Waals surface area contributed by atoms with Gasteiger partial charge >= 0.3 is 0 Å². The summed E-state index contributed by atoms with van der Waals surface area (Å²) in [5.74, 6) is 0.789. The minimum Gasteiger partial charge on any atom is -0.313 e. The second kappa shape index (κ2) is 4.28. The molecule has 0 spiro atoms. The first-order valence-corrected chi connectivity index (χ1v) is 6.82. The van der Waals surface area contributed by atoms with Gasteiger partial charge < -0.3 is 4.90 Å². The summed E-state index contributed by atoms with van der Waals surface area (Å²) in [5, 5.41) is 0. The van der Waals surface area contributed by atoms with E-state index in [0.717, 1.165) is 25.0 Å². The second-order valence-electron chi connectivity index (χ2n) is 5.53. The Morgan fingerprint density at radius 3 is 2.59 bits per heavy atom. The zero-order chi connectivity index (χ0) is 11.8. The first kappa shape index (κ1) is 11.0. The lowest BCUT2D eigenvalue weighted by Crippen LogP contribution is -2.37. The van der Waals surface area contributed by atoms with Crippen molar-refractivity contribution in [2.24, 2.45) is 5.92 Å². The molecular weight excluding hydrogens is 214 g/mol. The third-order valence-electron chi connectivity index (χ3n) is 4.37. The van der Waals surface area contributed by atoms with E-state index < -0.39 is 0 Å². The summed E-state index contributed by atoms with van der Waals surface area (Å²) in [6, 6.07) is 0.374. The summed E-state index contributed by atoms with van der Waals surface area (Å²) in [6.07, 6.45) is 9.84. The molecule has 1 saturated carbocycles. The van der Waals surface area contributed by atoms with Crippen molar-refractivity contribution < 1.29 is 9.59 Å². The molecule has 3 heteroatoms. The van der Waals surface area contributed by atoms with Gasteiger partial charge in [-0.05, 0) is 19.3 Å². The predicted molar refractivity (Wildman–Crippen MR) is 64.2 cm³/mol. The van der Waals surface area contributed by atoms with Gasteiger partial charge in [-0.25, -0.2) is 0 Å². The van der Waals surface area contributed by atoms with Crippen molar-refractivity contribution >= 4 is 11.7 Å². The van der Waals surface area contributed by atoms with Crippen LogP contribution < -0.4 is 0 Å². The monoisotopic (exact) mass is 233 g/mol. The zero-order valence-electron chi connectivity index (χ0n) is 10.2. The minimum absolute atomic E-state index is 0.201. The Hall–Kier alpha value is -1.12. The van der Waals surface area contributed by atoms with E-state index in [1.54, 1.807) is 6.08 Å². The largest absolute Gasteiger partial charge is 0.313 e. The number of allylic oxidation sites excluding steroid dienone is 2. The topological polar surface area (TPSA) is 37.4 Å². The van der Waals surface area contributed by atoms with Crippen LogP contribution in [0.25, 0.3) is 0 Å². The van der Waals surface area contributed by atoms with Crippen LogP contribution in [0.2, 0.25) is 0 Å².